The number of amides is 4. The van der Waals surface area contributed by atoms with Gasteiger partial charge in [-0.1, -0.05) is 0 Å². The Hall–Kier alpha value is -2.26. The third kappa shape index (κ3) is 2.60. The van der Waals surface area contributed by atoms with Gasteiger partial charge >= 0.3 is 6.03 Å². The third-order valence-corrected chi connectivity index (χ3v) is 6.53. The van der Waals surface area contributed by atoms with Crippen LogP contribution in [-0.2, 0) is 31.5 Å². The molecule has 1 aromatic carbocycles. The van der Waals surface area contributed by atoms with Crippen LogP contribution in [0.4, 0.5) is 10.5 Å². The van der Waals surface area contributed by atoms with Crippen molar-refractivity contribution >= 4 is 34.3 Å². The first kappa shape index (κ1) is 18.1. The number of rotatable bonds is 1. The number of morpholine rings is 1. The molecule has 2 saturated heterocycles. The first-order valence-corrected chi connectivity index (χ1v) is 10.3. The van der Waals surface area contributed by atoms with E-state index in [4.69, 9.17) is 4.74 Å². The van der Waals surface area contributed by atoms with Crippen LogP contribution in [0.3, 0.4) is 0 Å². The minimum Gasteiger partial charge on any atom is -0.372 e. The van der Waals surface area contributed by atoms with Crippen LogP contribution in [0.25, 0.3) is 0 Å². The van der Waals surface area contributed by atoms with Crippen LogP contribution in [0.2, 0.25) is 0 Å². The lowest BCUT2D eigenvalue weighted by molar-refractivity contribution is -0.153. The fourth-order valence-electron chi connectivity index (χ4n) is 4.60. The lowest BCUT2D eigenvalue weighted by Crippen LogP contribution is -2.75. The summed E-state index contributed by atoms with van der Waals surface area (Å²) in [7, 11) is -1.19. The fraction of sp³-hybridized carbons (Fsp3) is 0.500. The van der Waals surface area contributed by atoms with Crippen molar-refractivity contribution in [2.45, 2.75) is 43.4 Å². The Kier molecular flexibility index (Phi) is 4.12. The van der Waals surface area contributed by atoms with E-state index in [1.54, 1.807) is 18.4 Å². The van der Waals surface area contributed by atoms with Crippen molar-refractivity contribution in [2.75, 3.05) is 17.7 Å². The average Bonchev–Trinajstić information content (AvgIpc) is 2.58. The van der Waals surface area contributed by atoms with Gasteiger partial charge in [0.15, 0.2) is 5.41 Å². The second-order valence-electron chi connectivity index (χ2n) is 7.38. The summed E-state index contributed by atoms with van der Waals surface area (Å²) >= 11 is 0. The Morgan fingerprint density at radius 2 is 1.85 bits per heavy atom. The highest BCUT2D eigenvalue weighted by Gasteiger charge is 2.62. The molecule has 3 aliphatic rings. The molecule has 2 fully saturated rings. The number of carbonyl (C=O) groups is 3. The zero-order chi connectivity index (χ0) is 19.5. The molecule has 2 N–H and O–H groups in total. The van der Waals surface area contributed by atoms with Gasteiger partial charge in [0.1, 0.15) is 0 Å². The van der Waals surface area contributed by atoms with E-state index in [1.807, 2.05) is 24.8 Å². The number of hydrogen-bond acceptors (Lipinski definition) is 6. The number of barbiturate groups is 1. The Morgan fingerprint density at radius 3 is 2.48 bits per heavy atom. The number of ether oxygens (including phenoxy) is 1. The molecular formula is C18H21N3O5S. The number of nitrogens with one attached hydrogen (secondary N) is 2. The summed E-state index contributed by atoms with van der Waals surface area (Å²) in [6.07, 6.45) is 1.21. The highest BCUT2D eigenvalue weighted by molar-refractivity contribution is 7.84. The van der Waals surface area contributed by atoms with E-state index in [0.717, 1.165) is 11.3 Å². The molecule has 0 saturated carbocycles. The summed E-state index contributed by atoms with van der Waals surface area (Å²) in [5.41, 5.74) is 0.174. The number of nitrogens with zero attached hydrogens (tertiary/aromatic N) is 1. The van der Waals surface area contributed by atoms with Gasteiger partial charge in [0.2, 0.25) is 11.8 Å². The minimum atomic E-state index is -1.49. The van der Waals surface area contributed by atoms with E-state index in [2.05, 4.69) is 10.6 Å². The molecule has 0 aliphatic carbocycles. The molecule has 0 aromatic heterocycles. The van der Waals surface area contributed by atoms with E-state index >= 15 is 0 Å². The lowest BCUT2D eigenvalue weighted by Gasteiger charge is -2.55. The molecule has 0 radical (unpaired) electrons. The molecule has 0 bridgehead atoms. The number of imide groups is 2. The van der Waals surface area contributed by atoms with Gasteiger partial charge in [0, 0.05) is 34.2 Å². The quantitative estimate of drug-likeness (QED) is 0.668. The minimum absolute atomic E-state index is 0.0874. The van der Waals surface area contributed by atoms with E-state index in [0.29, 0.717) is 11.4 Å². The van der Waals surface area contributed by atoms with Crippen molar-refractivity contribution in [3.05, 3.63) is 23.8 Å². The number of fused-ring (bicyclic) bond motifs is 4. The topological polar surface area (TPSA) is 105 Å². The molecule has 3 aliphatic heterocycles. The lowest BCUT2D eigenvalue weighted by atomic mass is 9.66. The molecule has 4 amide bonds. The van der Waals surface area contributed by atoms with Crippen LogP contribution in [-0.4, -0.2) is 53.1 Å². The highest BCUT2D eigenvalue weighted by atomic mass is 32.2. The van der Waals surface area contributed by atoms with Crippen LogP contribution in [0.5, 0.6) is 0 Å². The Labute approximate surface area is 159 Å². The van der Waals surface area contributed by atoms with E-state index in [1.165, 1.54) is 0 Å². The third-order valence-electron chi connectivity index (χ3n) is 5.61. The van der Waals surface area contributed by atoms with E-state index in [9.17, 15) is 18.6 Å². The second-order valence-corrected chi connectivity index (χ2v) is 8.76. The van der Waals surface area contributed by atoms with Crippen molar-refractivity contribution in [1.29, 1.82) is 0 Å². The maximum atomic E-state index is 13.0. The molecule has 1 aromatic rings. The van der Waals surface area contributed by atoms with Gasteiger partial charge < -0.3 is 9.64 Å². The Morgan fingerprint density at radius 1 is 1.19 bits per heavy atom. The number of urea groups is 1. The van der Waals surface area contributed by atoms with Crippen LogP contribution in [0.1, 0.15) is 19.4 Å². The molecule has 1 spiro atoms. The van der Waals surface area contributed by atoms with Gasteiger partial charge in [-0.25, -0.2) is 4.79 Å². The monoisotopic (exact) mass is 391 g/mol. The number of carbonyl (C=O) groups excluding carboxylic acids is 3. The Bertz CT molecular complexity index is 866. The number of anilines is 1. The van der Waals surface area contributed by atoms with Crippen molar-refractivity contribution < 1.29 is 23.3 Å². The summed E-state index contributed by atoms with van der Waals surface area (Å²) in [5.74, 6) is -1.24. The zero-order valence-electron chi connectivity index (χ0n) is 15.3. The summed E-state index contributed by atoms with van der Waals surface area (Å²) in [6.45, 7) is 4.28. The fourth-order valence-corrected chi connectivity index (χ4v) is 5.17. The van der Waals surface area contributed by atoms with Crippen LogP contribution >= 0.6 is 0 Å². The summed E-state index contributed by atoms with van der Waals surface area (Å²) < 4.78 is 17.9. The SMILES string of the molecule is C[C@@H]1CN2c3ccc(S(C)=O)cc3CC3(C(=O)NC(=O)NC3=O)[C@H]2[C@H](C)O1. The van der Waals surface area contributed by atoms with Crippen LogP contribution < -0.4 is 15.5 Å². The van der Waals surface area contributed by atoms with Gasteiger partial charge in [-0.2, -0.15) is 0 Å². The predicted octanol–water partition coefficient (Wildman–Crippen LogP) is 0.315. The molecule has 3 heterocycles. The molecule has 9 heteroatoms. The van der Waals surface area contributed by atoms with Crippen molar-refractivity contribution in [2.24, 2.45) is 5.41 Å². The zero-order valence-corrected chi connectivity index (χ0v) is 16.1. The number of hydrogen-bond donors (Lipinski definition) is 2. The van der Waals surface area contributed by atoms with Crippen molar-refractivity contribution in [3.8, 4) is 0 Å². The van der Waals surface area contributed by atoms with Gasteiger partial charge in [0.05, 0.1) is 18.2 Å². The summed E-state index contributed by atoms with van der Waals surface area (Å²) in [4.78, 5) is 40.2. The molecule has 27 heavy (non-hydrogen) atoms. The summed E-state index contributed by atoms with van der Waals surface area (Å²) in [6, 6.07) is 4.12. The molecule has 144 valence electrons. The first-order chi connectivity index (χ1) is 12.7. The largest absolute Gasteiger partial charge is 0.372 e. The standard InChI is InChI=1S/C18H21N3O5S/c1-9-8-21-13-5-4-12(27(3)25)6-11(13)7-18(14(21)10(2)26-9)15(22)19-17(24)20-16(18)23/h4-6,9-10,14H,7-8H2,1-3H3,(H2,19,20,22,23,24)/t9-,10+,14-,27?/m1/s1. The molecule has 1 unspecified atom stereocenters. The van der Waals surface area contributed by atoms with Crippen LogP contribution in [0, 0.1) is 5.41 Å². The van der Waals surface area contributed by atoms with Gasteiger partial charge in [-0.15, -0.1) is 0 Å². The maximum absolute atomic E-state index is 13.0. The molecule has 4 rings (SSSR count). The van der Waals surface area contributed by atoms with Gasteiger partial charge in [0.25, 0.3) is 0 Å². The smallest absolute Gasteiger partial charge is 0.328 e. The summed E-state index contributed by atoms with van der Waals surface area (Å²) in [5, 5.41) is 4.50. The first-order valence-electron chi connectivity index (χ1n) is 8.79. The van der Waals surface area contributed by atoms with Crippen LogP contribution in [0.15, 0.2) is 23.1 Å². The molecule has 4 atom stereocenters. The second kappa shape index (κ2) is 6.13. The average molecular weight is 391 g/mol. The normalized spacial score (nSPS) is 30.3. The maximum Gasteiger partial charge on any atom is 0.328 e. The van der Waals surface area contributed by atoms with E-state index < -0.39 is 46.2 Å². The van der Waals surface area contributed by atoms with Crippen molar-refractivity contribution in [3.63, 3.8) is 0 Å². The van der Waals surface area contributed by atoms with Crippen molar-refractivity contribution in [1.82, 2.24) is 10.6 Å². The highest BCUT2D eigenvalue weighted by Crippen LogP contribution is 2.46. The Balaban J connectivity index is 1.92. The van der Waals surface area contributed by atoms with E-state index in [-0.39, 0.29) is 12.5 Å². The molecule has 8 nitrogen and oxygen atoms in total. The van der Waals surface area contributed by atoms with Gasteiger partial charge in [-0.05, 0) is 44.0 Å². The number of benzene rings is 1. The molecular weight excluding hydrogens is 370 g/mol. The van der Waals surface area contributed by atoms with Gasteiger partial charge in [-0.3, -0.25) is 24.4 Å². The predicted molar refractivity (Wildman–Crippen MR) is 97.7 cm³/mol.